The van der Waals surface area contributed by atoms with Gasteiger partial charge in [0.2, 0.25) is 0 Å². The highest BCUT2D eigenvalue weighted by molar-refractivity contribution is 5.88. The van der Waals surface area contributed by atoms with Crippen molar-refractivity contribution < 1.29 is 0 Å². The van der Waals surface area contributed by atoms with Crippen LogP contribution in [0.3, 0.4) is 0 Å². The average Bonchev–Trinajstić information content (AvgIpc) is 2.70. The van der Waals surface area contributed by atoms with Crippen molar-refractivity contribution in [2.75, 3.05) is 0 Å². The van der Waals surface area contributed by atoms with E-state index in [1.54, 1.807) is 0 Å². The van der Waals surface area contributed by atoms with Gasteiger partial charge in [-0.3, -0.25) is 0 Å². The second kappa shape index (κ2) is 10.6. The van der Waals surface area contributed by atoms with Crippen molar-refractivity contribution >= 4 is 11.6 Å². The summed E-state index contributed by atoms with van der Waals surface area (Å²) < 4.78 is 0. The Kier molecular flexibility index (Phi) is 8.52. The Hall–Kier alpha value is -2.60. The fourth-order valence-electron chi connectivity index (χ4n) is 4.13. The normalized spacial score (nSPS) is 20.4. The van der Waals surface area contributed by atoms with Crippen LogP contribution < -0.4 is 0 Å². The number of hydrogen-bond acceptors (Lipinski definition) is 0. The molecule has 1 aliphatic carbocycles. The molecule has 0 fully saturated rings. The van der Waals surface area contributed by atoms with Gasteiger partial charge in [0, 0.05) is 0 Å². The molecule has 2 rings (SSSR count). The summed E-state index contributed by atoms with van der Waals surface area (Å²) in [6, 6.07) is 4.68. The quantitative estimate of drug-likeness (QED) is 0.399. The van der Waals surface area contributed by atoms with Crippen molar-refractivity contribution in [1.29, 1.82) is 0 Å². The Morgan fingerprint density at radius 2 is 1.67 bits per heavy atom. The summed E-state index contributed by atoms with van der Waals surface area (Å²) in [5.74, 6) is 0. The fourth-order valence-corrected chi connectivity index (χ4v) is 4.13. The highest BCUT2D eigenvalue weighted by Crippen LogP contribution is 2.39. The van der Waals surface area contributed by atoms with E-state index in [0.717, 1.165) is 12.0 Å². The van der Waals surface area contributed by atoms with E-state index in [1.807, 2.05) is 6.92 Å². The number of rotatable bonds is 5. The van der Waals surface area contributed by atoms with E-state index >= 15 is 0 Å². The Morgan fingerprint density at radius 3 is 2.24 bits per heavy atom. The number of fused-ring (bicyclic) bond motifs is 2. The van der Waals surface area contributed by atoms with Crippen LogP contribution in [0.5, 0.6) is 0 Å². The smallest absolute Gasteiger partial charge is 0.0100 e. The van der Waals surface area contributed by atoms with Crippen LogP contribution in [0.25, 0.3) is 11.6 Å². The number of allylic oxidation sites excluding steroid dienone is 12. The standard InChI is InChI=1S/C33H44/c1-12-33(10,11)31-18-17-28-26(6)29(31)21-24(4)15-16-27(14-13-19-32(7,8)9)30(28)22-25(5)20-23(2)3/h13-22H,2,12H2,1,3-11H3/b16-15+,19-13+,24-21-,25-20-,27-14+,30-22+. The van der Waals surface area contributed by atoms with E-state index in [9.17, 15) is 0 Å². The zero-order valence-electron chi connectivity index (χ0n) is 22.7. The molecular weight excluding hydrogens is 396 g/mol. The molecule has 0 saturated heterocycles. The summed E-state index contributed by atoms with van der Waals surface area (Å²) in [7, 11) is 0. The fraction of sp³-hybridized carbons (Fsp3) is 0.394. The van der Waals surface area contributed by atoms with Gasteiger partial charge >= 0.3 is 0 Å². The van der Waals surface area contributed by atoms with Gasteiger partial charge in [0.05, 0.1) is 0 Å². The summed E-state index contributed by atoms with van der Waals surface area (Å²) in [6.07, 6.45) is 19.2. The molecule has 0 nitrogen and oxygen atoms in total. The minimum atomic E-state index is 0.126. The van der Waals surface area contributed by atoms with Gasteiger partial charge in [0.15, 0.2) is 0 Å². The van der Waals surface area contributed by atoms with Gasteiger partial charge < -0.3 is 0 Å². The first-order valence-corrected chi connectivity index (χ1v) is 12.2. The van der Waals surface area contributed by atoms with Gasteiger partial charge in [0.1, 0.15) is 0 Å². The van der Waals surface area contributed by atoms with E-state index in [-0.39, 0.29) is 10.8 Å². The van der Waals surface area contributed by atoms with Gasteiger partial charge in [-0.05, 0) is 78.3 Å². The number of benzene rings is 1. The van der Waals surface area contributed by atoms with Crippen molar-refractivity contribution in [1.82, 2.24) is 0 Å². The third-order valence-electron chi connectivity index (χ3n) is 6.34. The summed E-state index contributed by atoms with van der Waals surface area (Å²) in [5, 5.41) is 0. The summed E-state index contributed by atoms with van der Waals surface area (Å²) in [5.41, 5.74) is 11.7. The van der Waals surface area contributed by atoms with Crippen LogP contribution in [-0.2, 0) is 5.41 Å². The van der Waals surface area contributed by atoms with Crippen molar-refractivity contribution in [2.45, 2.75) is 81.1 Å². The summed E-state index contributed by atoms with van der Waals surface area (Å²) in [4.78, 5) is 0. The minimum Gasteiger partial charge on any atom is -0.0961 e. The first-order valence-electron chi connectivity index (χ1n) is 12.2. The Morgan fingerprint density at radius 1 is 1.00 bits per heavy atom. The molecule has 0 atom stereocenters. The van der Waals surface area contributed by atoms with Gasteiger partial charge in [-0.25, -0.2) is 0 Å². The minimum absolute atomic E-state index is 0.126. The lowest BCUT2D eigenvalue weighted by Gasteiger charge is -2.28. The number of hydrogen-bond donors (Lipinski definition) is 0. The van der Waals surface area contributed by atoms with Gasteiger partial charge in [0.25, 0.3) is 0 Å². The van der Waals surface area contributed by atoms with Crippen molar-refractivity contribution in [3.63, 3.8) is 0 Å². The molecule has 0 aliphatic heterocycles. The molecule has 1 aromatic rings. The second-order valence-corrected chi connectivity index (χ2v) is 11.3. The zero-order valence-corrected chi connectivity index (χ0v) is 22.7. The lowest BCUT2D eigenvalue weighted by atomic mass is 9.76. The van der Waals surface area contributed by atoms with Crippen molar-refractivity contribution in [3.05, 3.63) is 106 Å². The third-order valence-corrected chi connectivity index (χ3v) is 6.34. The van der Waals surface area contributed by atoms with Crippen molar-refractivity contribution in [2.24, 2.45) is 5.41 Å². The molecule has 1 aromatic carbocycles. The molecule has 0 amide bonds. The molecule has 0 unspecified atom stereocenters. The molecule has 0 saturated carbocycles. The summed E-state index contributed by atoms with van der Waals surface area (Å²) in [6.45, 7) is 26.4. The average molecular weight is 441 g/mol. The van der Waals surface area contributed by atoms with E-state index < -0.39 is 0 Å². The SMILES string of the molecule is C=C(C)/C=C(C)\C=C1C(=C/C=C/C(C)(C)C)/C=C/C(C)=C\c2c(C(C)(C)CC)ccc/1c2C. The molecule has 33 heavy (non-hydrogen) atoms. The molecule has 1 aliphatic rings. The molecule has 0 N–H and O–H groups in total. The largest absolute Gasteiger partial charge is 0.0961 e. The van der Waals surface area contributed by atoms with E-state index in [2.05, 4.69) is 130 Å². The molecule has 0 radical (unpaired) electrons. The first kappa shape index (κ1) is 26.7. The van der Waals surface area contributed by atoms with E-state index in [1.165, 1.54) is 44.5 Å². The Labute approximate surface area is 203 Å². The maximum Gasteiger partial charge on any atom is -0.0100 e. The maximum atomic E-state index is 4.08. The van der Waals surface area contributed by atoms with Crippen LogP contribution in [0.1, 0.15) is 91.0 Å². The monoisotopic (exact) mass is 440 g/mol. The molecular formula is C33H44. The molecule has 2 bridgehead atoms. The van der Waals surface area contributed by atoms with Crippen molar-refractivity contribution in [3.8, 4) is 0 Å². The van der Waals surface area contributed by atoms with Crippen LogP contribution in [0.4, 0.5) is 0 Å². The van der Waals surface area contributed by atoms with Crippen LogP contribution in [-0.4, -0.2) is 0 Å². The second-order valence-electron chi connectivity index (χ2n) is 11.3. The molecule has 0 spiro atoms. The highest BCUT2D eigenvalue weighted by Gasteiger charge is 2.24. The van der Waals surface area contributed by atoms with E-state index in [0.29, 0.717) is 0 Å². The van der Waals surface area contributed by atoms with Crippen LogP contribution in [0.2, 0.25) is 0 Å². The maximum absolute atomic E-state index is 4.08. The molecule has 0 aromatic heterocycles. The molecule has 176 valence electrons. The summed E-state index contributed by atoms with van der Waals surface area (Å²) >= 11 is 0. The predicted molar refractivity (Wildman–Crippen MR) is 151 cm³/mol. The lowest BCUT2D eigenvalue weighted by molar-refractivity contribution is 0.505. The van der Waals surface area contributed by atoms with Gasteiger partial charge in [-0.1, -0.05) is 126 Å². The first-order chi connectivity index (χ1) is 15.2. The van der Waals surface area contributed by atoms with Gasteiger partial charge in [-0.15, -0.1) is 0 Å². The highest BCUT2D eigenvalue weighted by atomic mass is 14.3. The predicted octanol–water partition coefficient (Wildman–Crippen LogP) is 10.1. The third kappa shape index (κ3) is 7.19. The van der Waals surface area contributed by atoms with Crippen LogP contribution in [0.15, 0.2) is 83.5 Å². The lowest BCUT2D eigenvalue weighted by Crippen LogP contribution is -2.18. The Balaban J connectivity index is 2.90. The van der Waals surface area contributed by atoms with Crippen LogP contribution >= 0.6 is 0 Å². The zero-order chi connectivity index (χ0) is 25.0. The van der Waals surface area contributed by atoms with E-state index in [4.69, 9.17) is 0 Å². The van der Waals surface area contributed by atoms with Crippen LogP contribution in [0, 0.1) is 12.3 Å². The Bertz CT molecular complexity index is 1080. The molecule has 0 heteroatoms. The topological polar surface area (TPSA) is 0 Å². The molecule has 0 heterocycles. The van der Waals surface area contributed by atoms with Gasteiger partial charge in [-0.2, -0.15) is 0 Å².